The van der Waals surface area contributed by atoms with E-state index in [0.717, 1.165) is 17.5 Å². The first-order chi connectivity index (χ1) is 15.1. The van der Waals surface area contributed by atoms with Gasteiger partial charge >= 0.3 is 0 Å². The van der Waals surface area contributed by atoms with Crippen molar-refractivity contribution in [3.63, 3.8) is 0 Å². The van der Waals surface area contributed by atoms with Gasteiger partial charge in [-0.15, -0.1) is 0 Å². The third-order valence-corrected chi connectivity index (χ3v) is 10.7. The van der Waals surface area contributed by atoms with Crippen LogP contribution in [0.1, 0.15) is 44.2 Å². The molecule has 32 heavy (non-hydrogen) atoms. The lowest BCUT2D eigenvalue weighted by atomic mass is 9.82. The molecule has 5 nitrogen and oxygen atoms in total. The van der Waals surface area contributed by atoms with Gasteiger partial charge in [-0.25, -0.2) is 8.42 Å². The van der Waals surface area contributed by atoms with Crippen LogP contribution < -0.4 is 0 Å². The zero-order valence-corrected chi connectivity index (χ0v) is 20.1. The van der Waals surface area contributed by atoms with Crippen molar-refractivity contribution in [1.29, 1.82) is 5.26 Å². The molecule has 1 aromatic carbocycles. The highest BCUT2D eigenvalue weighted by atomic mass is 32.2. The summed E-state index contributed by atoms with van der Waals surface area (Å²) in [7, 11) is -3.82. The first-order valence-electron chi connectivity index (χ1n) is 11.1. The molecule has 0 spiro atoms. The fraction of sp³-hybridized carbons (Fsp3) is 0.480. The second-order valence-electron chi connectivity index (χ2n) is 9.90. The Morgan fingerprint density at radius 3 is 2.75 bits per heavy atom. The lowest BCUT2D eigenvalue weighted by Crippen LogP contribution is -2.35. The molecule has 1 heterocycles. The number of sulfonamides is 1. The number of rotatable bonds is 5. The zero-order valence-electron chi connectivity index (χ0n) is 18.5. The molecule has 4 atom stereocenters. The fourth-order valence-corrected chi connectivity index (χ4v) is 9.57. The molecule has 166 valence electrons. The van der Waals surface area contributed by atoms with Crippen LogP contribution in [0.2, 0.25) is 0 Å². The minimum atomic E-state index is -3.82. The second kappa shape index (κ2) is 7.16. The number of thioether (sulfide) groups is 1. The molecule has 4 aliphatic rings. The van der Waals surface area contributed by atoms with E-state index >= 15 is 0 Å². The van der Waals surface area contributed by atoms with Gasteiger partial charge in [0.25, 0.3) is 10.0 Å². The van der Waals surface area contributed by atoms with Gasteiger partial charge in [-0.3, -0.25) is 4.79 Å². The predicted octanol–water partition coefficient (Wildman–Crippen LogP) is 4.90. The minimum absolute atomic E-state index is 0.0190. The molecule has 0 saturated heterocycles. The quantitative estimate of drug-likeness (QED) is 0.576. The Morgan fingerprint density at radius 1 is 1.31 bits per heavy atom. The van der Waals surface area contributed by atoms with Crippen molar-refractivity contribution in [2.24, 2.45) is 33.0 Å². The lowest BCUT2D eigenvalue weighted by Gasteiger charge is -2.25. The molecule has 5 rings (SSSR count). The van der Waals surface area contributed by atoms with E-state index in [1.165, 1.54) is 11.8 Å². The Balaban J connectivity index is 1.40. The summed E-state index contributed by atoms with van der Waals surface area (Å²) in [6, 6.07) is 9.88. The normalized spacial score (nSPS) is 35.5. The van der Waals surface area contributed by atoms with E-state index < -0.39 is 15.4 Å². The Morgan fingerprint density at radius 2 is 2.06 bits per heavy atom. The van der Waals surface area contributed by atoms with Gasteiger partial charge in [0.1, 0.15) is 16.9 Å². The Kier molecular flexibility index (Phi) is 4.85. The molecular weight excluding hydrogens is 440 g/mol. The number of nitriles is 1. The summed E-state index contributed by atoms with van der Waals surface area (Å²) in [5, 5.41) is 10.1. The number of aryl methyl sites for hydroxylation is 1. The SMILES string of the molecule is Cc1ccccc1/C(C#N)=C1\C=CC(=NS(=O)(=O)CC23CCC4C2C4(C(C)C)CC3=O)S1. The second-order valence-corrected chi connectivity index (χ2v) is 12.6. The van der Waals surface area contributed by atoms with Crippen molar-refractivity contribution in [2.45, 2.75) is 40.0 Å². The summed E-state index contributed by atoms with van der Waals surface area (Å²) in [6.07, 6.45) is 5.53. The standard InChI is InChI=1S/C25H26N2O3S2/c1-15(2)25-12-21(28)24(11-10-19(25)23(24)25)14-32(29,30)27-22-9-8-20(31-22)18(13-26)17-7-5-4-6-16(17)3/h4-9,15,19,23H,10-12,14H2,1-3H3/b20-18+,27-22?. The number of fused-ring (bicyclic) bond motifs is 1. The van der Waals surface area contributed by atoms with Crippen LogP contribution in [-0.4, -0.2) is 25.0 Å². The first-order valence-corrected chi connectivity index (χ1v) is 13.5. The van der Waals surface area contributed by atoms with Crippen LogP contribution in [-0.2, 0) is 14.8 Å². The molecule has 1 aliphatic heterocycles. The molecule has 3 fully saturated rings. The summed E-state index contributed by atoms with van der Waals surface area (Å²) in [4.78, 5) is 13.7. The average molecular weight is 467 g/mol. The van der Waals surface area contributed by atoms with Gasteiger partial charge in [-0.2, -0.15) is 9.66 Å². The Bertz CT molecular complexity index is 1270. The van der Waals surface area contributed by atoms with Crippen LogP contribution in [0, 0.1) is 46.8 Å². The van der Waals surface area contributed by atoms with Gasteiger partial charge < -0.3 is 0 Å². The van der Waals surface area contributed by atoms with Crippen molar-refractivity contribution in [2.75, 3.05) is 5.75 Å². The maximum atomic E-state index is 13.1. The topological polar surface area (TPSA) is 87.4 Å². The first kappa shape index (κ1) is 21.7. The summed E-state index contributed by atoms with van der Waals surface area (Å²) >= 11 is 1.20. The fourth-order valence-electron chi connectivity index (χ4n) is 6.79. The predicted molar refractivity (Wildman–Crippen MR) is 127 cm³/mol. The lowest BCUT2D eigenvalue weighted by molar-refractivity contribution is -0.126. The smallest absolute Gasteiger partial charge is 0.255 e. The minimum Gasteiger partial charge on any atom is -0.299 e. The van der Waals surface area contributed by atoms with Crippen molar-refractivity contribution in [3.8, 4) is 6.07 Å². The number of hydrogen-bond donors (Lipinski definition) is 0. The number of hydrogen-bond acceptors (Lipinski definition) is 5. The van der Waals surface area contributed by atoms with Crippen molar-refractivity contribution < 1.29 is 13.2 Å². The van der Waals surface area contributed by atoms with Crippen LogP contribution in [0.4, 0.5) is 0 Å². The molecule has 7 heteroatoms. The van der Waals surface area contributed by atoms with E-state index in [0.29, 0.717) is 40.2 Å². The molecule has 0 radical (unpaired) electrons. The van der Waals surface area contributed by atoms with Crippen LogP contribution in [0.25, 0.3) is 5.57 Å². The molecule has 0 bridgehead atoms. The highest BCUT2D eigenvalue weighted by Crippen LogP contribution is 2.83. The van der Waals surface area contributed by atoms with E-state index in [2.05, 4.69) is 24.3 Å². The monoisotopic (exact) mass is 466 g/mol. The van der Waals surface area contributed by atoms with Gasteiger partial charge in [-0.05, 0) is 66.2 Å². The van der Waals surface area contributed by atoms with Crippen molar-refractivity contribution >= 4 is 38.2 Å². The van der Waals surface area contributed by atoms with Gasteiger partial charge in [-0.1, -0.05) is 49.9 Å². The van der Waals surface area contributed by atoms with Crippen molar-refractivity contribution in [1.82, 2.24) is 0 Å². The molecule has 0 aromatic heterocycles. The number of allylic oxidation sites excluding steroid dienone is 2. The Hall–Kier alpha value is -2.17. The van der Waals surface area contributed by atoms with Gasteiger partial charge in [0, 0.05) is 16.7 Å². The highest BCUT2D eigenvalue weighted by molar-refractivity contribution is 8.18. The van der Waals surface area contributed by atoms with Crippen molar-refractivity contribution in [3.05, 3.63) is 52.4 Å². The largest absolute Gasteiger partial charge is 0.299 e. The van der Waals surface area contributed by atoms with E-state index in [-0.39, 0.29) is 22.9 Å². The number of ketones is 1. The van der Waals surface area contributed by atoms with E-state index in [9.17, 15) is 18.5 Å². The van der Waals surface area contributed by atoms with Crippen LogP contribution >= 0.6 is 11.8 Å². The number of carbonyl (C=O) groups excluding carboxylic acids is 1. The van der Waals surface area contributed by atoms with Crippen LogP contribution in [0.3, 0.4) is 0 Å². The van der Waals surface area contributed by atoms with E-state index in [1.807, 2.05) is 31.2 Å². The number of benzene rings is 1. The summed E-state index contributed by atoms with van der Waals surface area (Å²) < 4.78 is 30.3. The molecule has 4 unspecified atom stereocenters. The van der Waals surface area contributed by atoms with Gasteiger partial charge in [0.05, 0.1) is 11.3 Å². The number of nitrogens with zero attached hydrogens (tertiary/aromatic N) is 2. The van der Waals surface area contributed by atoms with Crippen LogP contribution in [0.5, 0.6) is 0 Å². The zero-order chi connectivity index (χ0) is 22.9. The van der Waals surface area contributed by atoms with E-state index in [1.54, 1.807) is 12.2 Å². The van der Waals surface area contributed by atoms with Crippen LogP contribution in [0.15, 0.2) is 45.7 Å². The number of carbonyl (C=O) groups is 1. The van der Waals surface area contributed by atoms with E-state index in [4.69, 9.17) is 0 Å². The third kappa shape index (κ3) is 2.99. The molecular formula is C25H26N2O3S2. The molecule has 3 saturated carbocycles. The summed E-state index contributed by atoms with van der Waals surface area (Å²) in [5.74, 6) is 1.02. The summed E-state index contributed by atoms with van der Waals surface area (Å²) in [6.45, 7) is 6.26. The van der Waals surface area contributed by atoms with Gasteiger partial charge in [0.2, 0.25) is 0 Å². The highest BCUT2D eigenvalue weighted by Gasteiger charge is 2.82. The Labute approximate surface area is 193 Å². The number of Topliss-reactive ketones (excluding diaryl/α,β-unsaturated/α-hetero) is 1. The maximum Gasteiger partial charge on any atom is 0.255 e. The molecule has 1 aromatic rings. The maximum absolute atomic E-state index is 13.1. The average Bonchev–Trinajstić information content (AvgIpc) is 2.97. The third-order valence-electron chi connectivity index (χ3n) is 8.19. The summed E-state index contributed by atoms with van der Waals surface area (Å²) in [5.41, 5.74) is 1.59. The molecule has 0 N–H and O–H groups in total. The molecule has 0 amide bonds. The molecule has 3 aliphatic carbocycles. The van der Waals surface area contributed by atoms with Gasteiger partial charge in [0.15, 0.2) is 0 Å².